The standard InChI is InChI=1S/C26H23FN2O2/c1-15-8-11-22(18(4)12-15)29-25(30)23(19-10-9-16(2)17(3)13-19)24(26(29)31)28-21-7-5-6-20(27)14-21/h5-14,28H,1-4H3. The van der Waals surface area contributed by atoms with Gasteiger partial charge in [0.05, 0.1) is 11.3 Å². The molecule has 1 aliphatic heterocycles. The molecule has 0 atom stereocenters. The van der Waals surface area contributed by atoms with Gasteiger partial charge in [-0.3, -0.25) is 9.59 Å². The number of hydrogen-bond donors (Lipinski definition) is 1. The number of carbonyl (C=O) groups is 2. The number of nitrogens with one attached hydrogen (secondary N) is 1. The maximum Gasteiger partial charge on any atom is 0.282 e. The normalized spacial score (nSPS) is 13.9. The number of amides is 2. The molecule has 156 valence electrons. The highest BCUT2D eigenvalue weighted by Crippen LogP contribution is 2.35. The first-order valence-electron chi connectivity index (χ1n) is 10.1. The zero-order chi connectivity index (χ0) is 22.3. The van der Waals surface area contributed by atoms with E-state index in [2.05, 4.69) is 5.32 Å². The Balaban J connectivity index is 1.87. The largest absolute Gasteiger partial charge is 0.350 e. The van der Waals surface area contributed by atoms with Crippen molar-refractivity contribution in [2.75, 3.05) is 10.2 Å². The first-order chi connectivity index (χ1) is 14.8. The third-order valence-corrected chi connectivity index (χ3v) is 5.57. The number of aryl methyl sites for hydroxylation is 4. The molecule has 0 unspecified atom stereocenters. The molecule has 0 saturated heterocycles. The monoisotopic (exact) mass is 414 g/mol. The zero-order valence-corrected chi connectivity index (χ0v) is 17.9. The molecule has 0 fully saturated rings. The quantitative estimate of drug-likeness (QED) is 0.577. The average molecular weight is 414 g/mol. The van der Waals surface area contributed by atoms with E-state index in [1.807, 2.05) is 58.0 Å². The fraction of sp³-hybridized carbons (Fsp3) is 0.154. The number of hydrogen-bond acceptors (Lipinski definition) is 3. The van der Waals surface area contributed by atoms with Gasteiger partial charge >= 0.3 is 0 Å². The summed E-state index contributed by atoms with van der Waals surface area (Å²) in [6, 6.07) is 17.1. The Morgan fingerprint density at radius 3 is 2.23 bits per heavy atom. The molecule has 3 aromatic carbocycles. The Morgan fingerprint density at radius 2 is 1.55 bits per heavy atom. The molecule has 1 heterocycles. The molecule has 0 spiro atoms. The third-order valence-electron chi connectivity index (χ3n) is 5.57. The second-order valence-electron chi connectivity index (χ2n) is 7.92. The molecule has 31 heavy (non-hydrogen) atoms. The van der Waals surface area contributed by atoms with Gasteiger partial charge in [-0.15, -0.1) is 0 Å². The highest BCUT2D eigenvalue weighted by atomic mass is 19.1. The van der Waals surface area contributed by atoms with Crippen LogP contribution < -0.4 is 10.2 Å². The Morgan fingerprint density at radius 1 is 0.774 bits per heavy atom. The van der Waals surface area contributed by atoms with Gasteiger partial charge in [0.1, 0.15) is 11.5 Å². The number of nitrogens with zero attached hydrogens (tertiary/aromatic N) is 1. The van der Waals surface area contributed by atoms with Gasteiger partial charge in [-0.05, 0) is 74.2 Å². The lowest BCUT2D eigenvalue weighted by Gasteiger charge is -2.18. The lowest BCUT2D eigenvalue weighted by molar-refractivity contribution is -0.120. The maximum absolute atomic E-state index is 13.7. The topological polar surface area (TPSA) is 49.4 Å². The van der Waals surface area contributed by atoms with Crippen LogP contribution in [0.3, 0.4) is 0 Å². The second-order valence-corrected chi connectivity index (χ2v) is 7.92. The fourth-order valence-electron chi connectivity index (χ4n) is 3.80. The molecule has 4 nitrogen and oxygen atoms in total. The number of halogens is 1. The van der Waals surface area contributed by atoms with Crippen LogP contribution in [0.5, 0.6) is 0 Å². The van der Waals surface area contributed by atoms with E-state index in [0.717, 1.165) is 22.3 Å². The number of imide groups is 1. The van der Waals surface area contributed by atoms with Gasteiger partial charge in [-0.1, -0.05) is 42.0 Å². The van der Waals surface area contributed by atoms with E-state index in [1.165, 1.54) is 17.0 Å². The summed E-state index contributed by atoms with van der Waals surface area (Å²) < 4.78 is 13.7. The molecule has 4 rings (SSSR count). The van der Waals surface area contributed by atoms with Gasteiger partial charge in [-0.25, -0.2) is 9.29 Å². The van der Waals surface area contributed by atoms with E-state index in [-0.39, 0.29) is 11.3 Å². The summed E-state index contributed by atoms with van der Waals surface area (Å²) in [5, 5.41) is 3.00. The van der Waals surface area contributed by atoms with E-state index >= 15 is 0 Å². The molecule has 3 aromatic rings. The SMILES string of the molecule is Cc1ccc(N2C(=O)C(Nc3cccc(F)c3)=C(c3ccc(C)c(C)c3)C2=O)c(C)c1. The van der Waals surface area contributed by atoms with Crippen LogP contribution >= 0.6 is 0 Å². The van der Waals surface area contributed by atoms with Gasteiger partial charge in [0.25, 0.3) is 11.8 Å². The maximum atomic E-state index is 13.7. The predicted molar refractivity (Wildman–Crippen MR) is 121 cm³/mol. The third kappa shape index (κ3) is 3.75. The lowest BCUT2D eigenvalue weighted by atomic mass is 9.99. The predicted octanol–water partition coefficient (Wildman–Crippen LogP) is 5.46. The minimum Gasteiger partial charge on any atom is -0.350 e. The van der Waals surface area contributed by atoms with Crippen LogP contribution in [0, 0.1) is 33.5 Å². The van der Waals surface area contributed by atoms with Gasteiger partial charge in [-0.2, -0.15) is 0 Å². The summed E-state index contributed by atoms with van der Waals surface area (Å²) in [7, 11) is 0. The Hall–Kier alpha value is -3.73. The van der Waals surface area contributed by atoms with Crippen molar-refractivity contribution in [3.05, 3.63) is 100.0 Å². The molecule has 0 radical (unpaired) electrons. The van der Waals surface area contributed by atoms with Crippen molar-refractivity contribution in [1.29, 1.82) is 0 Å². The molecular weight excluding hydrogens is 391 g/mol. The molecule has 2 amide bonds. The smallest absolute Gasteiger partial charge is 0.282 e. The second kappa shape index (κ2) is 7.84. The minimum atomic E-state index is -0.463. The van der Waals surface area contributed by atoms with Crippen molar-refractivity contribution in [3.8, 4) is 0 Å². The minimum absolute atomic E-state index is 0.138. The first-order valence-corrected chi connectivity index (χ1v) is 10.1. The summed E-state index contributed by atoms with van der Waals surface area (Å²) >= 11 is 0. The van der Waals surface area contributed by atoms with E-state index < -0.39 is 17.6 Å². The molecule has 0 bridgehead atoms. The van der Waals surface area contributed by atoms with Gasteiger partial charge < -0.3 is 5.32 Å². The van der Waals surface area contributed by atoms with Crippen LogP contribution in [0.1, 0.15) is 27.8 Å². The number of benzene rings is 3. The summed E-state index contributed by atoms with van der Waals surface area (Å²) in [5.41, 5.74) is 5.97. The molecule has 0 saturated carbocycles. The van der Waals surface area contributed by atoms with Crippen molar-refractivity contribution in [3.63, 3.8) is 0 Å². The van der Waals surface area contributed by atoms with Crippen molar-refractivity contribution in [2.24, 2.45) is 0 Å². The Kier molecular flexibility index (Phi) is 5.19. The highest BCUT2D eigenvalue weighted by molar-refractivity contribution is 6.46. The molecular formula is C26H23FN2O2. The van der Waals surface area contributed by atoms with Crippen LogP contribution in [-0.2, 0) is 9.59 Å². The van der Waals surface area contributed by atoms with E-state index in [0.29, 0.717) is 16.9 Å². The molecule has 0 aromatic heterocycles. The number of rotatable bonds is 4. The number of carbonyl (C=O) groups excluding carboxylic acids is 2. The molecule has 5 heteroatoms. The van der Waals surface area contributed by atoms with Gasteiger partial charge in [0.15, 0.2) is 0 Å². The van der Waals surface area contributed by atoms with Crippen LogP contribution in [0.2, 0.25) is 0 Å². The summed E-state index contributed by atoms with van der Waals surface area (Å²) in [4.78, 5) is 28.2. The van der Waals surface area contributed by atoms with Gasteiger partial charge in [0.2, 0.25) is 0 Å². The molecule has 1 aliphatic rings. The van der Waals surface area contributed by atoms with Crippen molar-refractivity contribution in [1.82, 2.24) is 0 Å². The Labute approximate surface area is 181 Å². The van der Waals surface area contributed by atoms with Crippen molar-refractivity contribution >= 4 is 28.8 Å². The fourth-order valence-corrected chi connectivity index (χ4v) is 3.80. The first kappa shape index (κ1) is 20.5. The highest BCUT2D eigenvalue weighted by Gasteiger charge is 2.40. The average Bonchev–Trinajstić information content (AvgIpc) is 2.94. The van der Waals surface area contributed by atoms with Crippen LogP contribution in [-0.4, -0.2) is 11.8 Å². The summed E-state index contributed by atoms with van der Waals surface area (Å²) in [6.45, 7) is 7.78. The zero-order valence-electron chi connectivity index (χ0n) is 17.9. The van der Waals surface area contributed by atoms with Crippen molar-refractivity contribution < 1.29 is 14.0 Å². The van der Waals surface area contributed by atoms with Crippen LogP contribution in [0.15, 0.2) is 66.4 Å². The van der Waals surface area contributed by atoms with E-state index in [4.69, 9.17) is 0 Å². The molecule has 0 aliphatic carbocycles. The summed E-state index contributed by atoms with van der Waals surface area (Å²) in [6.07, 6.45) is 0. The number of anilines is 2. The van der Waals surface area contributed by atoms with E-state index in [1.54, 1.807) is 18.2 Å². The summed E-state index contributed by atoms with van der Waals surface area (Å²) in [5.74, 6) is -1.30. The Bertz CT molecular complexity index is 1260. The van der Waals surface area contributed by atoms with Crippen LogP contribution in [0.25, 0.3) is 5.57 Å². The van der Waals surface area contributed by atoms with Crippen molar-refractivity contribution in [2.45, 2.75) is 27.7 Å². The molecule has 1 N–H and O–H groups in total. The van der Waals surface area contributed by atoms with Gasteiger partial charge in [0, 0.05) is 5.69 Å². The van der Waals surface area contributed by atoms with E-state index in [9.17, 15) is 14.0 Å². The van der Waals surface area contributed by atoms with Crippen LogP contribution in [0.4, 0.5) is 15.8 Å². The lowest BCUT2D eigenvalue weighted by Crippen LogP contribution is -2.33.